The fraction of sp³-hybridized carbons (Fsp3) is 0.533. The molecule has 4 heteroatoms. The molecule has 0 unspecified atom stereocenters. The lowest BCUT2D eigenvalue weighted by atomic mass is 10.1. The summed E-state index contributed by atoms with van der Waals surface area (Å²) in [5.41, 5.74) is 0.557. The lowest BCUT2D eigenvalue weighted by Crippen LogP contribution is -2.12. The molecule has 0 amide bonds. The molecule has 0 spiro atoms. The molecule has 1 aliphatic rings. The van der Waals surface area contributed by atoms with E-state index in [0.29, 0.717) is 5.56 Å². The summed E-state index contributed by atoms with van der Waals surface area (Å²) in [5, 5.41) is 8.88. The summed E-state index contributed by atoms with van der Waals surface area (Å²) in [5.74, 6) is -1.64. The van der Waals surface area contributed by atoms with Crippen molar-refractivity contribution in [1.82, 2.24) is 0 Å². The van der Waals surface area contributed by atoms with E-state index in [0.717, 1.165) is 18.9 Å². The number of ether oxygens (including phenoxy) is 1. The molecule has 1 N–H and O–H groups in total. The number of carboxylic acids is 1. The van der Waals surface area contributed by atoms with Crippen molar-refractivity contribution in [3.8, 4) is 0 Å². The highest BCUT2D eigenvalue weighted by molar-refractivity contribution is 5.87. The lowest BCUT2D eigenvalue weighted by Gasteiger charge is -2.15. The average Bonchev–Trinajstić information content (AvgIpc) is 2.64. The summed E-state index contributed by atoms with van der Waals surface area (Å²) in [6, 6.07) is 3.84. The third-order valence-corrected chi connectivity index (χ3v) is 3.49. The van der Waals surface area contributed by atoms with Gasteiger partial charge in [-0.1, -0.05) is 25.7 Å². The molecule has 1 saturated carbocycles. The Kier molecular flexibility index (Phi) is 4.91. The van der Waals surface area contributed by atoms with Crippen LogP contribution in [0.2, 0.25) is 0 Å². The van der Waals surface area contributed by atoms with Crippen LogP contribution in [0.4, 0.5) is 4.39 Å². The first-order valence-electron chi connectivity index (χ1n) is 6.79. The van der Waals surface area contributed by atoms with Crippen LogP contribution in [0.25, 0.3) is 0 Å². The number of hydrogen-bond donors (Lipinski definition) is 1. The zero-order valence-electron chi connectivity index (χ0n) is 10.9. The molecule has 1 aromatic carbocycles. The van der Waals surface area contributed by atoms with Crippen LogP contribution in [0, 0.1) is 5.82 Å². The van der Waals surface area contributed by atoms with E-state index in [9.17, 15) is 9.18 Å². The van der Waals surface area contributed by atoms with Gasteiger partial charge in [0.1, 0.15) is 5.82 Å². The number of benzene rings is 1. The van der Waals surface area contributed by atoms with Crippen LogP contribution in [0.15, 0.2) is 18.2 Å². The van der Waals surface area contributed by atoms with E-state index in [-0.39, 0.29) is 18.3 Å². The van der Waals surface area contributed by atoms with Crippen LogP contribution in [0.1, 0.15) is 54.4 Å². The molecular weight excluding hydrogens is 247 g/mol. The number of halogens is 1. The van der Waals surface area contributed by atoms with Crippen molar-refractivity contribution in [2.75, 3.05) is 0 Å². The van der Waals surface area contributed by atoms with Gasteiger partial charge in [0.25, 0.3) is 0 Å². The molecule has 0 aliphatic heterocycles. The van der Waals surface area contributed by atoms with Gasteiger partial charge in [-0.3, -0.25) is 0 Å². The van der Waals surface area contributed by atoms with Gasteiger partial charge >= 0.3 is 5.97 Å². The van der Waals surface area contributed by atoms with E-state index in [1.807, 2.05) is 0 Å². The van der Waals surface area contributed by atoms with E-state index >= 15 is 0 Å². The number of rotatable bonds is 4. The Bertz CT molecular complexity index is 437. The van der Waals surface area contributed by atoms with E-state index in [1.165, 1.54) is 37.8 Å². The van der Waals surface area contributed by atoms with Gasteiger partial charge in [-0.05, 0) is 36.6 Å². The van der Waals surface area contributed by atoms with Crippen LogP contribution in [-0.2, 0) is 11.3 Å². The first-order valence-corrected chi connectivity index (χ1v) is 6.79. The topological polar surface area (TPSA) is 46.5 Å². The summed E-state index contributed by atoms with van der Waals surface area (Å²) in [7, 11) is 0. The van der Waals surface area contributed by atoms with Crippen molar-refractivity contribution < 1.29 is 19.0 Å². The van der Waals surface area contributed by atoms with Crippen molar-refractivity contribution in [3.05, 3.63) is 35.1 Å². The molecule has 1 fully saturated rings. The molecule has 3 nitrogen and oxygen atoms in total. The van der Waals surface area contributed by atoms with Gasteiger partial charge < -0.3 is 9.84 Å². The molecule has 2 rings (SSSR count). The second-order valence-electron chi connectivity index (χ2n) is 5.08. The van der Waals surface area contributed by atoms with Crippen LogP contribution in [-0.4, -0.2) is 17.2 Å². The van der Waals surface area contributed by atoms with Gasteiger partial charge in [-0.15, -0.1) is 0 Å². The third-order valence-electron chi connectivity index (χ3n) is 3.49. The lowest BCUT2D eigenvalue weighted by molar-refractivity contribution is 0.0308. The highest BCUT2D eigenvalue weighted by atomic mass is 19.1. The Hall–Kier alpha value is -1.42. The molecule has 0 heterocycles. The summed E-state index contributed by atoms with van der Waals surface area (Å²) in [6.07, 6.45) is 7.16. The summed E-state index contributed by atoms with van der Waals surface area (Å²) >= 11 is 0. The zero-order chi connectivity index (χ0) is 13.7. The molecule has 1 aliphatic carbocycles. The minimum absolute atomic E-state index is 0.0283. The minimum atomic E-state index is -1.12. The highest BCUT2D eigenvalue weighted by Crippen LogP contribution is 2.21. The first kappa shape index (κ1) is 14.0. The Morgan fingerprint density at radius 3 is 2.53 bits per heavy atom. The predicted octanol–water partition coefficient (Wildman–Crippen LogP) is 3.76. The first-order chi connectivity index (χ1) is 9.15. The summed E-state index contributed by atoms with van der Waals surface area (Å²) in [6.45, 7) is 0.280. The maximum atomic E-state index is 13.3. The third kappa shape index (κ3) is 4.31. The molecule has 104 valence electrons. The van der Waals surface area contributed by atoms with Gasteiger partial charge in [-0.2, -0.15) is 0 Å². The molecule has 0 radical (unpaired) electrons. The van der Waals surface area contributed by atoms with Crippen molar-refractivity contribution in [3.63, 3.8) is 0 Å². The number of hydrogen-bond acceptors (Lipinski definition) is 2. The van der Waals surface area contributed by atoms with Gasteiger partial charge in [0, 0.05) is 0 Å². The van der Waals surface area contributed by atoms with E-state index < -0.39 is 11.8 Å². The largest absolute Gasteiger partial charge is 0.478 e. The molecule has 0 bridgehead atoms. The SMILES string of the molecule is O=C(O)c1cc(F)cc(COC2CCCCCC2)c1. The predicted molar refractivity (Wildman–Crippen MR) is 69.6 cm³/mol. The van der Waals surface area contributed by atoms with E-state index in [1.54, 1.807) is 0 Å². The maximum Gasteiger partial charge on any atom is 0.335 e. The Morgan fingerprint density at radius 1 is 1.21 bits per heavy atom. The second-order valence-corrected chi connectivity index (χ2v) is 5.08. The Labute approximate surface area is 112 Å². The van der Waals surface area contributed by atoms with E-state index in [2.05, 4.69) is 0 Å². The smallest absolute Gasteiger partial charge is 0.335 e. The molecule has 19 heavy (non-hydrogen) atoms. The molecule has 0 atom stereocenters. The van der Waals surface area contributed by atoms with Gasteiger partial charge in [-0.25, -0.2) is 9.18 Å². The number of carboxylic acid groups (broad SMARTS) is 1. The van der Waals surface area contributed by atoms with Crippen molar-refractivity contribution in [2.24, 2.45) is 0 Å². The normalized spacial score (nSPS) is 17.1. The second kappa shape index (κ2) is 6.66. The summed E-state index contributed by atoms with van der Waals surface area (Å²) in [4.78, 5) is 10.8. The number of aromatic carboxylic acids is 1. The van der Waals surface area contributed by atoms with Crippen molar-refractivity contribution in [1.29, 1.82) is 0 Å². The fourth-order valence-electron chi connectivity index (χ4n) is 2.48. The number of carbonyl (C=O) groups is 1. The minimum Gasteiger partial charge on any atom is -0.478 e. The van der Waals surface area contributed by atoms with Crippen LogP contribution >= 0.6 is 0 Å². The average molecular weight is 266 g/mol. The summed E-state index contributed by atoms with van der Waals surface area (Å²) < 4.78 is 19.1. The highest BCUT2D eigenvalue weighted by Gasteiger charge is 2.13. The molecular formula is C15H19FO3. The van der Waals surface area contributed by atoms with Gasteiger partial charge in [0.15, 0.2) is 0 Å². The van der Waals surface area contributed by atoms with Crippen LogP contribution < -0.4 is 0 Å². The molecule has 1 aromatic rings. The maximum absolute atomic E-state index is 13.3. The fourth-order valence-corrected chi connectivity index (χ4v) is 2.48. The van der Waals surface area contributed by atoms with Gasteiger partial charge in [0.05, 0.1) is 18.3 Å². The monoisotopic (exact) mass is 266 g/mol. The Morgan fingerprint density at radius 2 is 1.89 bits per heavy atom. The molecule has 0 aromatic heterocycles. The molecule has 0 saturated heterocycles. The van der Waals surface area contributed by atoms with E-state index in [4.69, 9.17) is 9.84 Å². The van der Waals surface area contributed by atoms with Crippen molar-refractivity contribution in [2.45, 2.75) is 51.2 Å². The van der Waals surface area contributed by atoms with Crippen molar-refractivity contribution >= 4 is 5.97 Å². The standard InChI is InChI=1S/C15H19FO3/c16-13-8-11(7-12(9-13)15(17)18)10-19-14-5-3-1-2-4-6-14/h7-9,14H,1-6,10H2,(H,17,18). The Balaban J connectivity index is 1.96. The van der Waals surface area contributed by atoms with Gasteiger partial charge in [0.2, 0.25) is 0 Å². The van der Waals surface area contributed by atoms with Crippen LogP contribution in [0.3, 0.4) is 0 Å². The zero-order valence-corrected chi connectivity index (χ0v) is 10.9. The van der Waals surface area contributed by atoms with Crippen LogP contribution in [0.5, 0.6) is 0 Å². The quantitative estimate of drug-likeness (QED) is 0.844.